The molecule has 1 aromatic heterocycles. The molecule has 1 aromatic carbocycles. The Bertz CT molecular complexity index is 694. The molecule has 0 saturated heterocycles. The Labute approximate surface area is 155 Å². The standard InChI is InChI=1S/C19H27ClN4O/c1-14-16(13-21-24(14)4)7-10-19(25)22-18(11-12-23(2)3)15-5-8-17(20)9-6-15/h5-6,8-9,13,18H,7,10-12H2,1-4H3,(H,22,25). The second-order valence-electron chi connectivity index (χ2n) is 6.64. The molecule has 0 fully saturated rings. The van der Waals surface area contributed by atoms with Gasteiger partial charge in [-0.2, -0.15) is 5.10 Å². The number of nitrogens with one attached hydrogen (secondary N) is 1. The number of amides is 1. The van der Waals surface area contributed by atoms with Crippen LogP contribution in [0.4, 0.5) is 0 Å². The Morgan fingerprint density at radius 1 is 1.32 bits per heavy atom. The lowest BCUT2D eigenvalue weighted by Crippen LogP contribution is -2.31. The lowest BCUT2D eigenvalue weighted by molar-refractivity contribution is -0.121. The summed E-state index contributed by atoms with van der Waals surface area (Å²) in [7, 11) is 5.98. The van der Waals surface area contributed by atoms with Crippen LogP contribution in [-0.2, 0) is 18.3 Å². The van der Waals surface area contributed by atoms with Crippen LogP contribution in [0.5, 0.6) is 0 Å². The molecule has 1 heterocycles. The van der Waals surface area contributed by atoms with E-state index in [0.717, 1.165) is 29.8 Å². The highest BCUT2D eigenvalue weighted by atomic mass is 35.5. The smallest absolute Gasteiger partial charge is 0.220 e. The van der Waals surface area contributed by atoms with E-state index in [9.17, 15) is 4.79 Å². The number of carbonyl (C=O) groups excluding carboxylic acids is 1. The van der Waals surface area contributed by atoms with Crippen molar-refractivity contribution in [3.8, 4) is 0 Å². The van der Waals surface area contributed by atoms with E-state index < -0.39 is 0 Å². The molecule has 6 heteroatoms. The van der Waals surface area contributed by atoms with Gasteiger partial charge in [-0.15, -0.1) is 0 Å². The van der Waals surface area contributed by atoms with Gasteiger partial charge in [0, 0.05) is 24.2 Å². The third-order valence-corrected chi connectivity index (χ3v) is 4.68. The Hall–Kier alpha value is -1.85. The third kappa shape index (κ3) is 5.87. The maximum Gasteiger partial charge on any atom is 0.220 e. The van der Waals surface area contributed by atoms with E-state index in [4.69, 9.17) is 11.6 Å². The Morgan fingerprint density at radius 2 is 2.00 bits per heavy atom. The first kappa shape index (κ1) is 19.5. The van der Waals surface area contributed by atoms with Crippen molar-refractivity contribution in [3.05, 3.63) is 52.3 Å². The summed E-state index contributed by atoms with van der Waals surface area (Å²) < 4.78 is 1.83. The maximum absolute atomic E-state index is 12.5. The van der Waals surface area contributed by atoms with Crippen LogP contribution in [0, 0.1) is 6.92 Å². The van der Waals surface area contributed by atoms with Crippen LogP contribution in [-0.4, -0.2) is 41.2 Å². The van der Waals surface area contributed by atoms with Crippen LogP contribution in [0.1, 0.15) is 35.7 Å². The van der Waals surface area contributed by atoms with Gasteiger partial charge in [-0.25, -0.2) is 0 Å². The fourth-order valence-electron chi connectivity index (χ4n) is 2.71. The topological polar surface area (TPSA) is 50.2 Å². The summed E-state index contributed by atoms with van der Waals surface area (Å²) >= 11 is 5.98. The molecule has 0 aliphatic rings. The molecule has 0 aliphatic heterocycles. The van der Waals surface area contributed by atoms with Crippen molar-refractivity contribution in [1.82, 2.24) is 20.0 Å². The van der Waals surface area contributed by atoms with Gasteiger partial charge < -0.3 is 10.2 Å². The molecule has 0 radical (unpaired) electrons. The molecule has 2 aromatic rings. The van der Waals surface area contributed by atoms with Crippen molar-refractivity contribution in [2.45, 2.75) is 32.2 Å². The van der Waals surface area contributed by atoms with Gasteiger partial charge in [0.05, 0.1) is 12.2 Å². The van der Waals surface area contributed by atoms with Crippen LogP contribution in [0.2, 0.25) is 5.02 Å². The first-order valence-corrected chi connectivity index (χ1v) is 8.91. The molecular formula is C19H27ClN4O. The van der Waals surface area contributed by atoms with E-state index in [0.29, 0.717) is 17.9 Å². The third-order valence-electron chi connectivity index (χ3n) is 4.43. The van der Waals surface area contributed by atoms with Gasteiger partial charge in [0.25, 0.3) is 0 Å². The number of halogens is 1. The fourth-order valence-corrected chi connectivity index (χ4v) is 2.83. The van der Waals surface area contributed by atoms with Crippen molar-refractivity contribution < 1.29 is 4.79 Å². The van der Waals surface area contributed by atoms with Gasteiger partial charge in [0.15, 0.2) is 0 Å². The molecule has 5 nitrogen and oxygen atoms in total. The van der Waals surface area contributed by atoms with Gasteiger partial charge in [0.2, 0.25) is 5.91 Å². The van der Waals surface area contributed by atoms with E-state index in [1.54, 1.807) is 0 Å². The van der Waals surface area contributed by atoms with Gasteiger partial charge in [-0.3, -0.25) is 9.48 Å². The molecule has 1 atom stereocenters. The monoisotopic (exact) mass is 362 g/mol. The SMILES string of the molecule is Cc1c(CCC(=O)NC(CCN(C)C)c2ccc(Cl)cc2)cnn1C. The zero-order chi connectivity index (χ0) is 18.4. The lowest BCUT2D eigenvalue weighted by Gasteiger charge is -2.21. The van der Waals surface area contributed by atoms with Crippen molar-refractivity contribution in [2.24, 2.45) is 7.05 Å². The van der Waals surface area contributed by atoms with Crippen molar-refractivity contribution >= 4 is 17.5 Å². The second-order valence-corrected chi connectivity index (χ2v) is 7.08. The molecular weight excluding hydrogens is 336 g/mol. The molecule has 0 saturated carbocycles. The summed E-state index contributed by atoms with van der Waals surface area (Å²) in [6.07, 6.45) is 3.85. The Kier molecular flexibility index (Phi) is 7.02. The molecule has 0 aliphatic carbocycles. The summed E-state index contributed by atoms with van der Waals surface area (Å²) in [6, 6.07) is 7.68. The van der Waals surface area contributed by atoms with E-state index in [-0.39, 0.29) is 11.9 Å². The van der Waals surface area contributed by atoms with E-state index in [2.05, 4.69) is 15.3 Å². The van der Waals surface area contributed by atoms with Crippen LogP contribution in [0.3, 0.4) is 0 Å². The highest BCUT2D eigenvalue weighted by molar-refractivity contribution is 6.30. The van der Waals surface area contributed by atoms with E-state index in [1.807, 2.05) is 63.2 Å². The minimum atomic E-state index is -0.0119. The van der Waals surface area contributed by atoms with Gasteiger partial charge in [-0.05, 0) is 63.7 Å². The summed E-state index contributed by atoms with van der Waals surface area (Å²) in [6.45, 7) is 2.92. The van der Waals surface area contributed by atoms with Crippen LogP contribution < -0.4 is 5.32 Å². The molecule has 1 amide bonds. The van der Waals surface area contributed by atoms with Gasteiger partial charge in [-0.1, -0.05) is 23.7 Å². The highest BCUT2D eigenvalue weighted by Crippen LogP contribution is 2.20. The largest absolute Gasteiger partial charge is 0.349 e. The maximum atomic E-state index is 12.5. The number of hydrogen-bond donors (Lipinski definition) is 1. The van der Waals surface area contributed by atoms with E-state index >= 15 is 0 Å². The van der Waals surface area contributed by atoms with Gasteiger partial charge in [0.1, 0.15) is 0 Å². The summed E-state index contributed by atoms with van der Waals surface area (Å²) in [4.78, 5) is 14.6. The zero-order valence-corrected chi connectivity index (χ0v) is 16.2. The van der Waals surface area contributed by atoms with Crippen molar-refractivity contribution in [2.75, 3.05) is 20.6 Å². The fraction of sp³-hybridized carbons (Fsp3) is 0.474. The molecule has 2 rings (SSSR count). The average Bonchev–Trinajstić information content (AvgIpc) is 2.89. The average molecular weight is 363 g/mol. The number of rotatable bonds is 8. The minimum Gasteiger partial charge on any atom is -0.349 e. The first-order valence-electron chi connectivity index (χ1n) is 8.54. The second kappa shape index (κ2) is 9.02. The number of hydrogen-bond acceptors (Lipinski definition) is 3. The molecule has 1 unspecified atom stereocenters. The molecule has 0 bridgehead atoms. The normalized spacial score (nSPS) is 12.4. The highest BCUT2D eigenvalue weighted by Gasteiger charge is 2.16. The molecule has 136 valence electrons. The number of aryl methyl sites for hydroxylation is 2. The number of benzene rings is 1. The zero-order valence-electron chi connectivity index (χ0n) is 15.4. The van der Waals surface area contributed by atoms with E-state index in [1.165, 1.54) is 0 Å². The first-order chi connectivity index (χ1) is 11.9. The minimum absolute atomic E-state index is 0.0119. The van der Waals surface area contributed by atoms with Crippen LogP contribution >= 0.6 is 11.6 Å². The van der Waals surface area contributed by atoms with Gasteiger partial charge >= 0.3 is 0 Å². The lowest BCUT2D eigenvalue weighted by atomic mass is 10.0. The molecule has 0 spiro atoms. The molecule has 1 N–H and O–H groups in total. The van der Waals surface area contributed by atoms with Crippen molar-refractivity contribution in [3.63, 3.8) is 0 Å². The quantitative estimate of drug-likeness (QED) is 0.784. The van der Waals surface area contributed by atoms with Crippen LogP contribution in [0.15, 0.2) is 30.5 Å². The Balaban J connectivity index is 1.98. The van der Waals surface area contributed by atoms with Crippen molar-refractivity contribution in [1.29, 1.82) is 0 Å². The molecule has 25 heavy (non-hydrogen) atoms. The summed E-state index contributed by atoms with van der Waals surface area (Å²) in [5.74, 6) is 0.0574. The number of aromatic nitrogens is 2. The predicted molar refractivity (Wildman–Crippen MR) is 102 cm³/mol. The number of nitrogens with zero attached hydrogens (tertiary/aromatic N) is 3. The summed E-state index contributed by atoms with van der Waals surface area (Å²) in [5, 5.41) is 8.10. The summed E-state index contributed by atoms with van der Waals surface area (Å²) in [5.41, 5.74) is 3.31. The predicted octanol–water partition coefficient (Wildman–Crippen LogP) is 3.12. The Morgan fingerprint density at radius 3 is 2.56 bits per heavy atom. The van der Waals surface area contributed by atoms with Crippen LogP contribution in [0.25, 0.3) is 0 Å². The number of carbonyl (C=O) groups is 1.